The summed E-state index contributed by atoms with van der Waals surface area (Å²) in [6.07, 6.45) is 6.34. The second kappa shape index (κ2) is 5.69. The maximum absolute atomic E-state index is 12.8. The van der Waals surface area contributed by atoms with Crippen LogP contribution >= 0.6 is 0 Å². The van der Waals surface area contributed by atoms with E-state index in [-0.39, 0.29) is 5.91 Å². The Morgan fingerprint density at radius 1 is 1.17 bits per heavy atom. The molecule has 1 aliphatic heterocycles. The minimum Gasteiger partial charge on any atom is -0.338 e. The fourth-order valence-corrected chi connectivity index (χ4v) is 3.84. The van der Waals surface area contributed by atoms with Crippen LogP contribution in [-0.4, -0.2) is 34.1 Å². The van der Waals surface area contributed by atoms with E-state index in [9.17, 15) is 4.79 Å². The molecule has 1 aromatic heterocycles. The maximum atomic E-state index is 12.8. The third-order valence-electron chi connectivity index (χ3n) is 5.16. The van der Waals surface area contributed by atoms with Gasteiger partial charge in [0.05, 0.1) is 5.69 Å². The lowest BCUT2D eigenvalue weighted by Gasteiger charge is -2.21. The van der Waals surface area contributed by atoms with Crippen molar-refractivity contribution < 1.29 is 4.79 Å². The molecule has 4 rings (SSSR count). The van der Waals surface area contributed by atoms with Crippen LogP contribution < -0.4 is 0 Å². The highest BCUT2D eigenvalue weighted by molar-refractivity contribution is 5.94. The molecule has 1 aliphatic carbocycles. The number of carbonyl (C=O) groups excluding carboxylic acids is 1. The van der Waals surface area contributed by atoms with E-state index in [1.54, 1.807) is 6.20 Å². The van der Waals surface area contributed by atoms with E-state index in [2.05, 4.69) is 23.2 Å². The first kappa shape index (κ1) is 14.2. The van der Waals surface area contributed by atoms with E-state index in [4.69, 9.17) is 0 Å². The predicted molar refractivity (Wildman–Crippen MR) is 89.9 cm³/mol. The molecule has 23 heavy (non-hydrogen) atoms. The molecule has 1 N–H and O–H groups in total. The first-order valence-corrected chi connectivity index (χ1v) is 8.25. The summed E-state index contributed by atoms with van der Waals surface area (Å²) in [6, 6.07) is 9.73. The van der Waals surface area contributed by atoms with Crippen LogP contribution in [0.15, 0.2) is 48.2 Å². The second-order valence-electron chi connectivity index (χ2n) is 6.77. The van der Waals surface area contributed by atoms with Crippen LogP contribution in [-0.2, 0) is 0 Å². The van der Waals surface area contributed by atoms with Crippen molar-refractivity contribution in [1.82, 2.24) is 15.1 Å². The molecule has 2 aliphatic rings. The number of hydrogen-bond acceptors (Lipinski definition) is 2. The SMILES string of the molecule is CC1=CC[C@H]2CN(C(=O)c3ccc(-c4ccn[nH]4)cc3)C[C@H]2C1. The molecule has 1 saturated heterocycles. The molecule has 1 amide bonds. The molecule has 0 spiro atoms. The van der Waals surface area contributed by atoms with Crippen LogP contribution in [0.3, 0.4) is 0 Å². The number of rotatable bonds is 2. The summed E-state index contributed by atoms with van der Waals surface area (Å²) in [7, 11) is 0. The van der Waals surface area contributed by atoms with Crippen LogP contribution in [0.4, 0.5) is 0 Å². The fraction of sp³-hybridized carbons (Fsp3) is 0.368. The topological polar surface area (TPSA) is 49.0 Å². The molecule has 0 saturated carbocycles. The summed E-state index contributed by atoms with van der Waals surface area (Å²) in [5, 5.41) is 6.91. The lowest BCUT2D eigenvalue weighted by Crippen LogP contribution is -2.28. The van der Waals surface area contributed by atoms with Gasteiger partial charge in [-0.1, -0.05) is 23.8 Å². The zero-order valence-electron chi connectivity index (χ0n) is 13.3. The Morgan fingerprint density at radius 2 is 1.96 bits per heavy atom. The average Bonchev–Trinajstić information content (AvgIpc) is 3.23. The average molecular weight is 307 g/mol. The lowest BCUT2D eigenvalue weighted by molar-refractivity contribution is 0.0784. The van der Waals surface area contributed by atoms with Crippen molar-refractivity contribution in [1.29, 1.82) is 0 Å². The number of aromatic amines is 1. The molecule has 2 aromatic rings. The van der Waals surface area contributed by atoms with E-state index in [0.717, 1.165) is 42.8 Å². The van der Waals surface area contributed by atoms with Crippen LogP contribution in [0.1, 0.15) is 30.1 Å². The number of allylic oxidation sites excluding steroid dienone is 2. The number of H-pyrrole nitrogens is 1. The van der Waals surface area contributed by atoms with Gasteiger partial charge in [0.1, 0.15) is 0 Å². The number of nitrogens with zero attached hydrogens (tertiary/aromatic N) is 2. The molecule has 1 fully saturated rings. The number of nitrogens with one attached hydrogen (secondary N) is 1. The minimum atomic E-state index is 0.160. The summed E-state index contributed by atoms with van der Waals surface area (Å²) in [4.78, 5) is 14.8. The molecular weight excluding hydrogens is 286 g/mol. The molecule has 0 bridgehead atoms. The molecule has 1 aromatic carbocycles. The second-order valence-corrected chi connectivity index (χ2v) is 6.77. The summed E-state index contributed by atoms with van der Waals surface area (Å²) >= 11 is 0. The summed E-state index contributed by atoms with van der Waals surface area (Å²) in [5.74, 6) is 1.45. The van der Waals surface area contributed by atoms with Crippen molar-refractivity contribution in [3.63, 3.8) is 0 Å². The Bertz CT molecular complexity index is 730. The number of likely N-dealkylation sites (tertiary alicyclic amines) is 1. The minimum absolute atomic E-state index is 0.160. The van der Waals surface area contributed by atoms with Crippen molar-refractivity contribution in [2.75, 3.05) is 13.1 Å². The Labute approximate surface area is 136 Å². The highest BCUT2D eigenvalue weighted by atomic mass is 16.2. The summed E-state index contributed by atoms with van der Waals surface area (Å²) in [5.41, 5.74) is 4.27. The smallest absolute Gasteiger partial charge is 0.253 e. The van der Waals surface area contributed by atoms with Gasteiger partial charge in [0, 0.05) is 24.8 Å². The lowest BCUT2D eigenvalue weighted by atomic mass is 9.83. The van der Waals surface area contributed by atoms with Crippen LogP contribution in [0.2, 0.25) is 0 Å². The Kier molecular flexibility index (Phi) is 3.52. The van der Waals surface area contributed by atoms with Crippen LogP contribution in [0.25, 0.3) is 11.3 Å². The third kappa shape index (κ3) is 2.69. The van der Waals surface area contributed by atoms with Gasteiger partial charge in [0.2, 0.25) is 0 Å². The number of fused-ring (bicyclic) bond motifs is 1. The fourth-order valence-electron chi connectivity index (χ4n) is 3.84. The predicted octanol–water partition coefficient (Wildman–Crippen LogP) is 3.51. The van der Waals surface area contributed by atoms with Crippen molar-refractivity contribution >= 4 is 5.91 Å². The zero-order chi connectivity index (χ0) is 15.8. The van der Waals surface area contributed by atoms with Gasteiger partial charge in [-0.05, 0) is 55.4 Å². The van der Waals surface area contributed by atoms with Crippen molar-refractivity contribution in [2.45, 2.75) is 19.8 Å². The van der Waals surface area contributed by atoms with Crippen molar-refractivity contribution in [2.24, 2.45) is 11.8 Å². The van der Waals surface area contributed by atoms with Crippen LogP contribution in [0, 0.1) is 11.8 Å². The van der Waals surface area contributed by atoms with E-state index in [1.807, 2.05) is 35.2 Å². The van der Waals surface area contributed by atoms with Gasteiger partial charge in [-0.15, -0.1) is 0 Å². The van der Waals surface area contributed by atoms with Crippen molar-refractivity contribution in [3.05, 3.63) is 53.7 Å². The molecule has 118 valence electrons. The number of aromatic nitrogens is 2. The summed E-state index contributed by atoms with van der Waals surface area (Å²) < 4.78 is 0. The first-order chi connectivity index (χ1) is 11.2. The largest absolute Gasteiger partial charge is 0.338 e. The van der Waals surface area contributed by atoms with Gasteiger partial charge in [-0.25, -0.2) is 0 Å². The Morgan fingerprint density at radius 3 is 2.70 bits per heavy atom. The molecule has 2 heterocycles. The molecular formula is C19H21N3O. The number of benzene rings is 1. The van der Waals surface area contributed by atoms with E-state index >= 15 is 0 Å². The first-order valence-electron chi connectivity index (χ1n) is 8.25. The zero-order valence-corrected chi connectivity index (χ0v) is 13.3. The Hall–Kier alpha value is -2.36. The number of carbonyl (C=O) groups is 1. The van der Waals surface area contributed by atoms with Gasteiger partial charge in [-0.3, -0.25) is 9.89 Å². The van der Waals surface area contributed by atoms with Gasteiger partial charge < -0.3 is 4.90 Å². The maximum Gasteiger partial charge on any atom is 0.253 e. The van der Waals surface area contributed by atoms with E-state index < -0.39 is 0 Å². The molecule has 2 atom stereocenters. The number of amides is 1. The highest BCUT2D eigenvalue weighted by Crippen LogP contribution is 2.36. The third-order valence-corrected chi connectivity index (χ3v) is 5.16. The monoisotopic (exact) mass is 307 g/mol. The van der Waals surface area contributed by atoms with E-state index in [0.29, 0.717) is 11.8 Å². The molecule has 0 unspecified atom stereocenters. The van der Waals surface area contributed by atoms with Gasteiger partial charge >= 0.3 is 0 Å². The Balaban J connectivity index is 1.48. The quantitative estimate of drug-likeness (QED) is 0.863. The van der Waals surface area contributed by atoms with Gasteiger partial charge in [0.15, 0.2) is 0 Å². The molecule has 4 heteroatoms. The normalized spacial score (nSPS) is 23.5. The molecule has 4 nitrogen and oxygen atoms in total. The summed E-state index contributed by atoms with van der Waals surface area (Å²) in [6.45, 7) is 4.00. The highest BCUT2D eigenvalue weighted by Gasteiger charge is 2.36. The van der Waals surface area contributed by atoms with Crippen molar-refractivity contribution in [3.8, 4) is 11.3 Å². The molecule has 0 radical (unpaired) electrons. The van der Waals surface area contributed by atoms with Gasteiger partial charge in [0.25, 0.3) is 5.91 Å². The van der Waals surface area contributed by atoms with Gasteiger partial charge in [-0.2, -0.15) is 5.10 Å². The standard InChI is InChI=1S/C19H21N3O/c1-13-2-3-16-11-22(12-17(16)10-13)19(23)15-6-4-14(5-7-15)18-8-9-20-21-18/h2,4-9,16-17H,3,10-12H2,1H3,(H,20,21)/t16-,17+/m0/s1. The van der Waals surface area contributed by atoms with E-state index in [1.165, 1.54) is 5.57 Å². The van der Waals surface area contributed by atoms with Crippen LogP contribution in [0.5, 0.6) is 0 Å². The number of hydrogen-bond donors (Lipinski definition) is 1.